The summed E-state index contributed by atoms with van der Waals surface area (Å²) in [6.45, 7) is 1.28. The Hall–Kier alpha value is -2.04. The van der Waals surface area contributed by atoms with E-state index >= 15 is 0 Å². The molecule has 3 rings (SSSR count). The highest BCUT2D eigenvalue weighted by molar-refractivity contribution is 5.77. The van der Waals surface area contributed by atoms with E-state index in [2.05, 4.69) is 4.90 Å². The third kappa shape index (κ3) is 1.63. The van der Waals surface area contributed by atoms with E-state index in [9.17, 15) is 9.59 Å². The fourth-order valence-corrected chi connectivity index (χ4v) is 2.99. The van der Waals surface area contributed by atoms with Crippen molar-refractivity contribution >= 4 is 18.1 Å². The zero-order valence-corrected chi connectivity index (χ0v) is 9.82. The minimum atomic E-state index is -0.830. The van der Waals surface area contributed by atoms with Gasteiger partial charge in [0.2, 0.25) is 0 Å². The molecular weight excluding hydrogens is 232 g/mol. The van der Waals surface area contributed by atoms with Crippen molar-refractivity contribution in [3.05, 3.63) is 29.8 Å². The molecule has 0 radical (unpaired) electrons. The highest BCUT2D eigenvalue weighted by Crippen LogP contribution is 2.34. The third-order valence-corrected chi connectivity index (χ3v) is 3.82. The number of hydrogen-bond donors (Lipinski definition) is 1. The number of carboxylic acid groups (broad SMARTS) is 1. The smallest absolute Gasteiger partial charge is 0.407 e. The first-order valence-electron chi connectivity index (χ1n) is 6.00. The monoisotopic (exact) mass is 246 g/mol. The molecule has 2 heterocycles. The van der Waals surface area contributed by atoms with Gasteiger partial charge in [0.05, 0.1) is 6.04 Å². The first-order chi connectivity index (χ1) is 8.69. The molecule has 1 amide bonds. The number of benzene rings is 1. The SMILES string of the molecule is O=Cc1cccc(N2C[C@@H]3C[C@H]2CN3C(=O)O)c1. The third-order valence-electron chi connectivity index (χ3n) is 3.82. The fourth-order valence-electron chi connectivity index (χ4n) is 2.99. The average molecular weight is 246 g/mol. The lowest BCUT2D eigenvalue weighted by atomic mass is 10.2. The summed E-state index contributed by atoms with van der Waals surface area (Å²) in [4.78, 5) is 25.5. The quantitative estimate of drug-likeness (QED) is 0.802. The van der Waals surface area contributed by atoms with Crippen molar-refractivity contribution in [3.63, 3.8) is 0 Å². The van der Waals surface area contributed by atoms with Crippen LogP contribution in [0.5, 0.6) is 0 Å². The van der Waals surface area contributed by atoms with Gasteiger partial charge in [0.25, 0.3) is 0 Å². The zero-order chi connectivity index (χ0) is 12.7. The molecule has 0 spiro atoms. The molecule has 5 heteroatoms. The Morgan fingerprint density at radius 3 is 2.78 bits per heavy atom. The second-order valence-corrected chi connectivity index (χ2v) is 4.84. The van der Waals surface area contributed by atoms with Gasteiger partial charge in [-0.3, -0.25) is 4.79 Å². The van der Waals surface area contributed by atoms with Crippen molar-refractivity contribution in [2.24, 2.45) is 0 Å². The molecule has 0 aliphatic carbocycles. The highest BCUT2D eigenvalue weighted by Gasteiger charge is 2.45. The van der Waals surface area contributed by atoms with Gasteiger partial charge in [0.15, 0.2) is 0 Å². The van der Waals surface area contributed by atoms with Crippen LogP contribution < -0.4 is 4.90 Å². The van der Waals surface area contributed by atoms with Crippen LogP contribution in [0, 0.1) is 0 Å². The number of fused-ring (bicyclic) bond motifs is 2. The number of amides is 1. The Morgan fingerprint density at radius 2 is 2.17 bits per heavy atom. The summed E-state index contributed by atoms with van der Waals surface area (Å²) in [7, 11) is 0. The number of nitrogens with zero attached hydrogens (tertiary/aromatic N) is 2. The lowest BCUT2D eigenvalue weighted by Crippen LogP contribution is -2.48. The first-order valence-corrected chi connectivity index (χ1v) is 6.00. The normalized spacial score (nSPS) is 25.6. The van der Waals surface area contributed by atoms with Crippen molar-refractivity contribution in [3.8, 4) is 0 Å². The zero-order valence-electron chi connectivity index (χ0n) is 9.82. The maximum atomic E-state index is 11.0. The van der Waals surface area contributed by atoms with E-state index in [1.807, 2.05) is 18.2 Å². The lowest BCUT2D eigenvalue weighted by Gasteiger charge is -2.34. The van der Waals surface area contributed by atoms with Crippen LogP contribution in [-0.2, 0) is 0 Å². The number of carbonyl (C=O) groups excluding carboxylic acids is 1. The Morgan fingerprint density at radius 1 is 1.33 bits per heavy atom. The van der Waals surface area contributed by atoms with Gasteiger partial charge in [-0.2, -0.15) is 0 Å². The lowest BCUT2D eigenvalue weighted by molar-refractivity contribution is 0.112. The van der Waals surface area contributed by atoms with Gasteiger partial charge in [0.1, 0.15) is 6.29 Å². The second-order valence-electron chi connectivity index (χ2n) is 4.84. The molecule has 94 valence electrons. The Kier molecular flexibility index (Phi) is 2.47. The van der Waals surface area contributed by atoms with Gasteiger partial charge in [-0.15, -0.1) is 0 Å². The van der Waals surface area contributed by atoms with Gasteiger partial charge in [-0.25, -0.2) is 4.79 Å². The molecule has 0 saturated carbocycles. The standard InChI is InChI=1S/C13H14N2O3/c16-8-9-2-1-3-10(4-9)14-6-12-5-11(14)7-15(12)13(17)18/h1-4,8,11-12H,5-7H2,(H,17,18)/t11-,12-/m0/s1. The van der Waals surface area contributed by atoms with Gasteiger partial charge < -0.3 is 14.9 Å². The molecule has 2 atom stereocenters. The van der Waals surface area contributed by atoms with Crippen molar-refractivity contribution in [1.29, 1.82) is 0 Å². The van der Waals surface area contributed by atoms with Crippen LogP contribution in [0.25, 0.3) is 0 Å². The predicted octanol–water partition coefficient (Wildman–Crippen LogP) is 1.44. The molecule has 2 bridgehead atoms. The molecule has 5 nitrogen and oxygen atoms in total. The van der Waals surface area contributed by atoms with Gasteiger partial charge >= 0.3 is 6.09 Å². The van der Waals surface area contributed by atoms with E-state index < -0.39 is 6.09 Å². The highest BCUT2D eigenvalue weighted by atomic mass is 16.4. The molecule has 2 fully saturated rings. The average Bonchev–Trinajstić information content (AvgIpc) is 2.98. The van der Waals surface area contributed by atoms with Crippen LogP contribution in [0.3, 0.4) is 0 Å². The van der Waals surface area contributed by atoms with E-state index in [0.717, 1.165) is 24.9 Å². The molecule has 2 aliphatic heterocycles. The molecular formula is C13H14N2O3. The summed E-state index contributed by atoms with van der Waals surface area (Å²) < 4.78 is 0. The summed E-state index contributed by atoms with van der Waals surface area (Å²) >= 11 is 0. The number of likely N-dealkylation sites (tertiary alicyclic amines) is 1. The number of carbonyl (C=O) groups is 2. The van der Waals surface area contributed by atoms with Crippen molar-refractivity contribution in [1.82, 2.24) is 4.90 Å². The molecule has 2 aliphatic rings. The maximum absolute atomic E-state index is 11.0. The van der Waals surface area contributed by atoms with E-state index in [1.54, 1.807) is 6.07 Å². The summed E-state index contributed by atoms with van der Waals surface area (Å²) in [6.07, 6.45) is 0.891. The Labute approximate surface area is 105 Å². The molecule has 0 aromatic heterocycles. The summed E-state index contributed by atoms with van der Waals surface area (Å²) in [5, 5.41) is 9.04. The van der Waals surface area contributed by atoms with E-state index in [0.29, 0.717) is 12.1 Å². The van der Waals surface area contributed by atoms with Crippen molar-refractivity contribution < 1.29 is 14.7 Å². The number of piperazine rings is 1. The van der Waals surface area contributed by atoms with Gasteiger partial charge in [-0.1, -0.05) is 12.1 Å². The van der Waals surface area contributed by atoms with Crippen LogP contribution in [0.4, 0.5) is 10.5 Å². The van der Waals surface area contributed by atoms with E-state index in [4.69, 9.17) is 5.11 Å². The predicted molar refractivity (Wildman–Crippen MR) is 66.1 cm³/mol. The molecule has 2 saturated heterocycles. The largest absolute Gasteiger partial charge is 0.465 e. The first kappa shape index (κ1) is 11.1. The molecule has 0 unspecified atom stereocenters. The van der Waals surface area contributed by atoms with E-state index in [-0.39, 0.29) is 12.1 Å². The minimum Gasteiger partial charge on any atom is -0.465 e. The number of hydrogen-bond acceptors (Lipinski definition) is 3. The number of anilines is 1. The van der Waals surface area contributed by atoms with Crippen LogP contribution in [0.15, 0.2) is 24.3 Å². The van der Waals surface area contributed by atoms with Gasteiger partial charge in [0, 0.05) is 30.4 Å². The van der Waals surface area contributed by atoms with Crippen molar-refractivity contribution in [2.45, 2.75) is 18.5 Å². The van der Waals surface area contributed by atoms with Crippen LogP contribution in [0.2, 0.25) is 0 Å². The number of rotatable bonds is 2. The molecule has 1 aromatic carbocycles. The summed E-state index contributed by atoms with van der Waals surface area (Å²) in [5.41, 5.74) is 1.67. The molecule has 1 N–H and O–H groups in total. The fraction of sp³-hybridized carbons (Fsp3) is 0.385. The van der Waals surface area contributed by atoms with Crippen LogP contribution >= 0.6 is 0 Å². The van der Waals surface area contributed by atoms with Crippen LogP contribution in [0.1, 0.15) is 16.8 Å². The molecule has 1 aromatic rings. The van der Waals surface area contributed by atoms with Gasteiger partial charge in [-0.05, 0) is 18.6 Å². The van der Waals surface area contributed by atoms with Crippen LogP contribution in [-0.4, -0.2) is 47.6 Å². The van der Waals surface area contributed by atoms with E-state index in [1.165, 1.54) is 4.90 Å². The Balaban J connectivity index is 1.81. The number of aldehydes is 1. The maximum Gasteiger partial charge on any atom is 0.407 e. The second kappa shape index (κ2) is 4.01. The molecule has 18 heavy (non-hydrogen) atoms. The topological polar surface area (TPSA) is 60.9 Å². The summed E-state index contributed by atoms with van der Waals surface area (Å²) in [6, 6.07) is 7.80. The minimum absolute atomic E-state index is 0.0902. The summed E-state index contributed by atoms with van der Waals surface area (Å²) in [5.74, 6) is 0. The van der Waals surface area contributed by atoms with Crippen molar-refractivity contribution in [2.75, 3.05) is 18.0 Å². The Bertz CT molecular complexity index is 503.